The number of para-hydroxylation sites is 2. The minimum Gasteiger partial charge on any atom is -0.497 e. The van der Waals surface area contributed by atoms with Gasteiger partial charge in [-0.05, 0) is 66.1 Å². The van der Waals surface area contributed by atoms with Crippen LogP contribution in [0.3, 0.4) is 0 Å². The first-order valence-corrected chi connectivity index (χ1v) is 17.1. The Bertz CT molecular complexity index is 1770. The number of sulfonamides is 1. The first-order valence-electron chi connectivity index (χ1n) is 14.9. The molecule has 12 heteroatoms. The molecule has 0 bridgehead atoms. The summed E-state index contributed by atoms with van der Waals surface area (Å²) in [7, 11) is -1.43. The van der Waals surface area contributed by atoms with Crippen LogP contribution in [0.15, 0.2) is 102 Å². The third-order valence-electron chi connectivity index (χ3n) is 7.44. The van der Waals surface area contributed by atoms with Crippen LogP contribution in [-0.2, 0) is 32.6 Å². The lowest BCUT2D eigenvalue weighted by Gasteiger charge is -2.34. The minimum atomic E-state index is -4.33. The third-order valence-corrected chi connectivity index (χ3v) is 9.95. The van der Waals surface area contributed by atoms with Gasteiger partial charge in [0.15, 0.2) is 0 Å². The van der Waals surface area contributed by atoms with E-state index in [1.807, 2.05) is 37.3 Å². The summed E-state index contributed by atoms with van der Waals surface area (Å²) in [6.45, 7) is 1.65. The molecule has 0 aliphatic carbocycles. The number of anilines is 1. The van der Waals surface area contributed by atoms with Crippen LogP contribution in [0.2, 0.25) is 10.0 Å². The normalized spacial score (nSPS) is 11.8. The maximum atomic E-state index is 14.6. The first kappa shape index (κ1) is 35.6. The standard InChI is InChI=1S/C35H37Cl2N3O6S/c1-4-20-38-35(42)32(22-25-10-6-5-7-11-25)39(23-26-14-19-29(36)30(37)21-26)34(41)24-40(31-12-8-9-13-33(31)46-3)47(43,44)28-17-15-27(45-2)16-18-28/h5-19,21,32H,4,20,22-24H2,1-3H3,(H,38,42)/t32-/m1/s1. The van der Waals surface area contributed by atoms with Crippen molar-refractivity contribution < 1.29 is 27.5 Å². The van der Waals surface area contributed by atoms with Gasteiger partial charge in [0.05, 0.1) is 34.8 Å². The summed E-state index contributed by atoms with van der Waals surface area (Å²) in [6, 6.07) is 25.7. The van der Waals surface area contributed by atoms with Crippen LogP contribution in [0.5, 0.6) is 11.5 Å². The number of ether oxygens (including phenoxy) is 2. The van der Waals surface area contributed by atoms with Gasteiger partial charge in [-0.15, -0.1) is 0 Å². The molecule has 2 amide bonds. The van der Waals surface area contributed by atoms with Crippen molar-refractivity contribution >= 4 is 50.7 Å². The van der Waals surface area contributed by atoms with Crippen LogP contribution >= 0.6 is 23.2 Å². The van der Waals surface area contributed by atoms with E-state index < -0.39 is 28.5 Å². The van der Waals surface area contributed by atoms with E-state index in [0.29, 0.717) is 29.3 Å². The van der Waals surface area contributed by atoms with Crippen LogP contribution in [0.4, 0.5) is 5.69 Å². The Morgan fingerprint density at radius 2 is 1.51 bits per heavy atom. The van der Waals surface area contributed by atoms with Crippen molar-refractivity contribution in [2.75, 3.05) is 31.6 Å². The molecule has 0 fully saturated rings. The number of carbonyl (C=O) groups excluding carboxylic acids is 2. The lowest BCUT2D eigenvalue weighted by molar-refractivity contribution is -0.140. The summed E-state index contributed by atoms with van der Waals surface area (Å²) in [6.07, 6.45) is 0.871. The van der Waals surface area contributed by atoms with E-state index in [9.17, 15) is 18.0 Å². The largest absolute Gasteiger partial charge is 0.497 e. The maximum absolute atomic E-state index is 14.6. The number of nitrogens with zero attached hydrogens (tertiary/aromatic N) is 2. The number of hydrogen-bond acceptors (Lipinski definition) is 6. The smallest absolute Gasteiger partial charge is 0.264 e. The molecule has 0 radical (unpaired) electrons. The van der Waals surface area contributed by atoms with Gasteiger partial charge in [0.1, 0.15) is 24.1 Å². The van der Waals surface area contributed by atoms with Crippen molar-refractivity contribution in [1.82, 2.24) is 10.2 Å². The summed E-state index contributed by atoms with van der Waals surface area (Å²) >= 11 is 12.5. The van der Waals surface area contributed by atoms with Crippen LogP contribution in [-0.4, -0.2) is 58.5 Å². The van der Waals surface area contributed by atoms with E-state index in [1.165, 1.54) is 43.4 Å². The molecule has 9 nitrogen and oxygen atoms in total. The van der Waals surface area contributed by atoms with Crippen LogP contribution in [0.1, 0.15) is 24.5 Å². The Labute approximate surface area is 286 Å². The zero-order valence-electron chi connectivity index (χ0n) is 26.4. The first-order chi connectivity index (χ1) is 22.6. The van der Waals surface area contributed by atoms with Crippen molar-refractivity contribution in [1.29, 1.82) is 0 Å². The number of rotatable bonds is 15. The average Bonchev–Trinajstić information content (AvgIpc) is 3.09. The predicted octanol–water partition coefficient (Wildman–Crippen LogP) is 6.37. The van der Waals surface area contributed by atoms with Gasteiger partial charge in [-0.3, -0.25) is 13.9 Å². The highest BCUT2D eigenvalue weighted by molar-refractivity contribution is 7.92. The van der Waals surface area contributed by atoms with Gasteiger partial charge in [0.2, 0.25) is 11.8 Å². The molecule has 0 saturated carbocycles. The Kier molecular flexibility index (Phi) is 12.5. The second-order valence-corrected chi connectivity index (χ2v) is 13.3. The lowest BCUT2D eigenvalue weighted by atomic mass is 10.0. The van der Waals surface area contributed by atoms with Gasteiger partial charge < -0.3 is 19.7 Å². The van der Waals surface area contributed by atoms with Gasteiger partial charge >= 0.3 is 0 Å². The predicted molar refractivity (Wildman–Crippen MR) is 185 cm³/mol. The van der Waals surface area contributed by atoms with E-state index in [4.69, 9.17) is 32.7 Å². The molecular formula is C35H37Cl2N3O6S. The molecule has 4 aromatic carbocycles. The second kappa shape index (κ2) is 16.5. The van der Waals surface area contributed by atoms with Gasteiger partial charge in [0, 0.05) is 19.5 Å². The van der Waals surface area contributed by atoms with E-state index >= 15 is 0 Å². The van der Waals surface area contributed by atoms with E-state index in [0.717, 1.165) is 9.87 Å². The van der Waals surface area contributed by atoms with Crippen LogP contribution in [0.25, 0.3) is 0 Å². The van der Waals surface area contributed by atoms with Gasteiger partial charge in [-0.25, -0.2) is 8.42 Å². The molecule has 0 spiro atoms. The summed E-state index contributed by atoms with van der Waals surface area (Å²) in [5.41, 5.74) is 1.59. The fraction of sp³-hybridized carbons (Fsp3) is 0.257. The zero-order valence-corrected chi connectivity index (χ0v) is 28.7. The van der Waals surface area contributed by atoms with Crippen LogP contribution in [0, 0.1) is 0 Å². The zero-order chi connectivity index (χ0) is 34.0. The SMILES string of the molecule is CCCNC(=O)[C@@H](Cc1ccccc1)N(Cc1ccc(Cl)c(Cl)c1)C(=O)CN(c1ccccc1OC)S(=O)(=O)c1ccc(OC)cc1. The monoisotopic (exact) mass is 697 g/mol. The molecule has 1 atom stereocenters. The minimum absolute atomic E-state index is 0.0465. The van der Waals surface area contributed by atoms with Crippen molar-refractivity contribution in [2.24, 2.45) is 0 Å². The molecule has 0 aliphatic heterocycles. The summed E-state index contributed by atoms with van der Waals surface area (Å²) in [4.78, 5) is 29.7. The lowest BCUT2D eigenvalue weighted by Crippen LogP contribution is -2.53. The topological polar surface area (TPSA) is 105 Å². The highest BCUT2D eigenvalue weighted by atomic mass is 35.5. The van der Waals surface area contributed by atoms with Gasteiger partial charge in [0.25, 0.3) is 10.0 Å². The van der Waals surface area contributed by atoms with Crippen molar-refractivity contribution in [3.05, 3.63) is 118 Å². The summed E-state index contributed by atoms with van der Waals surface area (Å²) < 4.78 is 40.3. The third kappa shape index (κ3) is 8.97. The summed E-state index contributed by atoms with van der Waals surface area (Å²) in [5.74, 6) is -0.272. The molecule has 47 heavy (non-hydrogen) atoms. The molecule has 4 aromatic rings. The number of carbonyl (C=O) groups is 2. The van der Waals surface area contributed by atoms with Gasteiger partial charge in [-0.1, -0.05) is 78.7 Å². The van der Waals surface area contributed by atoms with E-state index in [-0.39, 0.29) is 40.2 Å². The van der Waals surface area contributed by atoms with Gasteiger partial charge in [-0.2, -0.15) is 0 Å². The number of amides is 2. The highest BCUT2D eigenvalue weighted by Gasteiger charge is 2.35. The Morgan fingerprint density at radius 1 is 0.830 bits per heavy atom. The Hall–Kier alpha value is -4.25. The molecule has 0 unspecified atom stereocenters. The van der Waals surface area contributed by atoms with Crippen molar-refractivity contribution in [2.45, 2.75) is 37.2 Å². The number of halogens is 2. The fourth-order valence-electron chi connectivity index (χ4n) is 4.98. The van der Waals surface area contributed by atoms with E-state index in [2.05, 4.69) is 5.32 Å². The number of benzene rings is 4. The summed E-state index contributed by atoms with van der Waals surface area (Å²) in [5, 5.41) is 3.54. The molecule has 0 saturated heterocycles. The molecule has 248 valence electrons. The number of nitrogens with one attached hydrogen (secondary N) is 1. The Balaban J connectivity index is 1.83. The van der Waals surface area contributed by atoms with Crippen molar-refractivity contribution in [3.63, 3.8) is 0 Å². The van der Waals surface area contributed by atoms with Crippen LogP contribution < -0.4 is 19.1 Å². The second-order valence-electron chi connectivity index (χ2n) is 10.6. The number of hydrogen-bond donors (Lipinski definition) is 1. The molecule has 0 aromatic heterocycles. The molecule has 0 aliphatic rings. The number of methoxy groups -OCH3 is 2. The molecule has 4 rings (SSSR count). The molecule has 1 N–H and O–H groups in total. The average molecular weight is 699 g/mol. The molecular weight excluding hydrogens is 661 g/mol. The quantitative estimate of drug-likeness (QED) is 0.155. The van der Waals surface area contributed by atoms with Crippen molar-refractivity contribution in [3.8, 4) is 11.5 Å². The highest BCUT2D eigenvalue weighted by Crippen LogP contribution is 2.33. The fourth-order valence-corrected chi connectivity index (χ4v) is 6.72. The molecule has 0 heterocycles. The Morgan fingerprint density at radius 3 is 2.15 bits per heavy atom. The van der Waals surface area contributed by atoms with E-state index in [1.54, 1.807) is 42.5 Å². The maximum Gasteiger partial charge on any atom is 0.264 e.